The van der Waals surface area contributed by atoms with Gasteiger partial charge in [0.15, 0.2) is 4.34 Å². The minimum absolute atomic E-state index is 0.206. The summed E-state index contributed by atoms with van der Waals surface area (Å²) in [4.78, 5) is 13.7. The summed E-state index contributed by atoms with van der Waals surface area (Å²) in [6, 6.07) is 4.12. The molecule has 3 heterocycles. The summed E-state index contributed by atoms with van der Waals surface area (Å²) in [6.45, 7) is 5.52. The van der Waals surface area contributed by atoms with Crippen molar-refractivity contribution in [1.82, 2.24) is 10.2 Å². The Morgan fingerprint density at radius 3 is 2.78 bits per heavy atom. The number of anilines is 1. The van der Waals surface area contributed by atoms with Crippen LogP contribution in [-0.4, -0.2) is 16.1 Å². The van der Waals surface area contributed by atoms with Crippen molar-refractivity contribution < 1.29 is 9.21 Å². The van der Waals surface area contributed by atoms with E-state index in [9.17, 15) is 4.79 Å². The molecule has 5 nitrogen and oxygen atoms in total. The molecule has 0 unspecified atom stereocenters. The molecule has 0 aliphatic rings. The number of nitrogens with one attached hydrogen (secondary N) is 1. The quantitative estimate of drug-likeness (QED) is 0.526. The van der Waals surface area contributed by atoms with Crippen LogP contribution in [0.25, 0.3) is 0 Å². The van der Waals surface area contributed by atoms with Gasteiger partial charge in [-0.15, -0.1) is 21.5 Å². The number of furan rings is 1. The zero-order chi connectivity index (χ0) is 16.4. The van der Waals surface area contributed by atoms with Crippen LogP contribution >= 0.6 is 34.4 Å². The van der Waals surface area contributed by atoms with Crippen LogP contribution in [0, 0.1) is 20.8 Å². The maximum atomic E-state index is 12.4. The van der Waals surface area contributed by atoms with Gasteiger partial charge >= 0.3 is 0 Å². The molecule has 0 saturated carbocycles. The van der Waals surface area contributed by atoms with E-state index >= 15 is 0 Å². The van der Waals surface area contributed by atoms with Crippen LogP contribution in [0.4, 0.5) is 5.13 Å². The van der Waals surface area contributed by atoms with Gasteiger partial charge in [0.2, 0.25) is 5.13 Å². The lowest BCUT2D eigenvalue weighted by Crippen LogP contribution is -2.13. The number of carbonyl (C=O) groups is 1. The summed E-state index contributed by atoms with van der Waals surface area (Å²) < 4.78 is 6.33. The average molecular weight is 366 g/mol. The lowest BCUT2D eigenvalue weighted by atomic mass is 10.1. The molecule has 0 aliphatic carbocycles. The molecule has 0 aromatic carbocycles. The third-order valence-electron chi connectivity index (χ3n) is 3.33. The third-order valence-corrected chi connectivity index (χ3v) is 6.41. The zero-order valence-corrected chi connectivity index (χ0v) is 15.3. The first kappa shape index (κ1) is 16.2. The van der Waals surface area contributed by atoms with Gasteiger partial charge < -0.3 is 4.42 Å². The van der Waals surface area contributed by atoms with Gasteiger partial charge in [-0.2, -0.15) is 0 Å². The minimum Gasteiger partial charge on any atom is -0.466 e. The molecule has 0 radical (unpaired) electrons. The number of hydrogen-bond acceptors (Lipinski definition) is 7. The molecule has 3 aromatic heterocycles. The summed E-state index contributed by atoms with van der Waals surface area (Å²) in [5, 5.41) is 13.5. The van der Waals surface area contributed by atoms with E-state index in [1.807, 2.05) is 19.9 Å². The summed E-state index contributed by atoms with van der Waals surface area (Å²) in [5.74, 6) is 2.04. The molecule has 8 heteroatoms. The number of aromatic nitrogens is 2. The Labute approximate surface area is 146 Å². The molecule has 1 N–H and O–H groups in total. The number of amides is 1. The van der Waals surface area contributed by atoms with Gasteiger partial charge in [-0.3, -0.25) is 10.1 Å². The summed E-state index contributed by atoms with van der Waals surface area (Å²) >= 11 is 4.71. The number of rotatable bonds is 5. The second-order valence-corrected chi connectivity index (χ2v) is 8.14. The fourth-order valence-corrected chi connectivity index (χ4v) is 4.65. The number of thiophene rings is 1. The van der Waals surface area contributed by atoms with Gasteiger partial charge in [0.25, 0.3) is 5.91 Å². The van der Waals surface area contributed by atoms with Gasteiger partial charge in [0.1, 0.15) is 11.5 Å². The van der Waals surface area contributed by atoms with Crippen molar-refractivity contribution in [2.45, 2.75) is 30.9 Å². The molecular weight excluding hydrogens is 350 g/mol. The van der Waals surface area contributed by atoms with Crippen LogP contribution in [0.1, 0.15) is 32.3 Å². The molecule has 0 bridgehead atoms. The first-order valence-corrected chi connectivity index (χ1v) is 9.59. The Morgan fingerprint density at radius 2 is 2.13 bits per heavy atom. The zero-order valence-electron chi connectivity index (χ0n) is 12.9. The fraction of sp³-hybridized carbons (Fsp3) is 0.267. The molecule has 0 atom stereocenters. The topological polar surface area (TPSA) is 68.0 Å². The highest BCUT2D eigenvalue weighted by Crippen LogP contribution is 2.30. The van der Waals surface area contributed by atoms with E-state index in [-0.39, 0.29) is 5.91 Å². The molecule has 0 spiro atoms. The highest BCUT2D eigenvalue weighted by molar-refractivity contribution is 8.00. The van der Waals surface area contributed by atoms with Crippen molar-refractivity contribution in [1.29, 1.82) is 0 Å². The second kappa shape index (κ2) is 6.86. The fourth-order valence-electron chi connectivity index (χ4n) is 2.13. The Balaban J connectivity index is 1.65. The van der Waals surface area contributed by atoms with Crippen molar-refractivity contribution in [3.63, 3.8) is 0 Å². The predicted octanol–water partition coefficient (Wildman–Crippen LogP) is 4.66. The number of aryl methyl sites for hydroxylation is 2. The van der Waals surface area contributed by atoms with E-state index in [0.29, 0.717) is 16.5 Å². The Bertz CT molecular complexity index is 821. The predicted molar refractivity (Wildman–Crippen MR) is 94.7 cm³/mol. The van der Waals surface area contributed by atoms with Gasteiger partial charge in [0, 0.05) is 16.2 Å². The van der Waals surface area contributed by atoms with Gasteiger partial charge in [-0.05, 0) is 32.2 Å². The molecule has 120 valence electrons. The second-order valence-electron chi connectivity index (χ2n) is 4.91. The summed E-state index contributed by atoms with van der Waals surface area (Å²) in [5.41, 5.74) is 1.43. The van der Waals surface area contributed by atoms with Gasteiger partial charge in [-0.25, -0.2) is 0 Å². The van der Waals surface area contributed by atoms with E-state index < -0.39 is 0 Å². The van der Waals surface area contributed by atoms with Crippen molar-refractivity contribution in [3.05, 3.63) is 45.0 Å². The normalized spacial score (nSPS) is 10.9. The van der Waals surface area contributed by atoms with Crippen molar-refractivity contribution >= 4 is 45.5 Å². The summed E-state index contributed by atoms with van der Waals surface area (Å²) in [6.07, 6.45) is 0. The van der Waals surface area contributed by atoms with Crippen molar-refractivity contribution in [2.24, 2.45) is 0 Å². The van der Waals surface area contributed by atoms with Crippen LogP contribution in [-0.2, 0) is 5.75 Å². The summed E-state index contributed by atoms with van der Waals surface area (Å²) in [7, 11) is 0. The lowest BCUT2D eigenvalue weighted by Gasteiger charge is -2.00. The highest BCUT2D eigenvalue weighted by Gasteiger charge is 2.20. The Hall–Kier alpha value is -1.64. The molecule has 0 saturated heterocycles. The molecule has 23 heavy (non-hydrogen) atoms. The monoisotopic (exact) mass is 365 g/mol. The smallest absolute Gasteiger partial charge is 0.261 e. The van der Waals surface area contributed by atoms with Crippen LogP contribution in [0.5, 0.6) is 0 Å². The Kier molecular flexibility index (Phi) is 4.84. The van der Waals surface area contributed by atoms with Crippen molar-refractivity contribution in [2.75, 3.05) is 5.32 Å². The average Bonchev–Trinajstić information content (AvgIpc) is 3.20. The lowest BCUT2D eigenvalue weighted by molar-refractivity contribution is 0.102. The number of carbonyl (C=O) groups excluding carboxylic acids is 1. The van der Waals surface area contributed by atoms with Gasteiger partial charge in [0.05, 0.1) is 5.56 Å². The van der Waals surface area contributed by atoms with Crippen molar-refractivity contribution in [3.8, 4) is 0 Å². The number of hydrogen-bond donors (Lipinski definition) is 1. The Morgan fingerprint density at radius 1 is 1.30 bits per heavy atom. The van der Waals surface area contributed by atoms with E-state index in [2.05, 4.69) is 27.0 Å². The van der Waals surface area contributed by atoms with Crippen LogP contribution in [0.3, 0.4) is 0 Å². The standard InChI is InChI=1S/C15H15N3O2S3/c1-8-9(2)20-10(3)12(8)13(19)16-14-17-18-15(23-14)22-7-11-5-4-6-21-11/h4-6H,7H2,1-3H3,(H,16,17,19). The van der Waals surface area contributed by atoms with Gasteiger partial charge in [-0.1, -0.05) is 29.2 Å². The molecule has 0 aliphatic heterocycles. The minimum atomic E-state index is -0.206. The van der Waals surface area contributed by atoms with E-state index in [0.717, 1.165) is 21.4 Å². The van der Waals surface area contributed by atoms with Crippen LogP contribution in [0.15, 0.2) is 26.3 Å². The third kappa shape index (κ3) is 3.65. The maximum absolute atomic E-state index is 12.4. The molecule has 0 fully saturated rings. The number of nitrogens with zero attached hydrogens (tertiary/aromatic N) is 2. The first-order valence-electron chi connectivity index (χ1n) is 6.91. The van der Waals surface area contributed by atoms with E-state index in [1.54, 1.807) is 30.0 Å². The molecule has 3 rings (SSSR count). The van der Waals surface area contributed by atoms with E-state index in [1.165, 1.54) is 16.2 Å². The van der Waals surface area contributed by atoms with Crippen LogP contribution in [0.2, 0.25) is 0 Å². The first-order chi connectivity index (χ1) is 11.0. The number of thioether (sulfide) groups is 1. The molecular formula is C15H15N3O2S3. The molecule has 3 aromatic rings. The maximum Gasteiger partial charge on any atom is 0.261 e. The largest absolute Gasteiger partial charge is 0.466 e. The van der Waals surface area contributed by atoms with E-state index in [4.69, 9.17) is 4.42 Å². The molecule has 1 amide bonds. The SMILES string of the molecule is Cc1oc(C)c(C(=O)Nc2nnc(SCc3cccs3)s2)c1C. The van der Waals surface area contributed by atoms with Crippen LogP contribution < -0.4 is 5.32 Å². The highest BCUT2D eigenvalue weighted by atomic mass is 32.2.